The predicted molar refractivity (Wildman–Crippen MR) is 95.2 cm³/mol. The molecule has 114 valence electrons. The van der Waals surface area contributed by atoms with Crippen LogP contribution >= 0.6 is 11.8 Å². The van der Waals surface area contributed by atoms with Crippen LogP contribution in [0.2, 0.25) is 0 Å². The van der Waals surface area contributed by atoms with Crippen molar-refractivity contribution in [2.45, 2.75) is 13.5 Å². The first-order valence-electron chi connectivity index (χ1n) is 6.99. The van der Waals surface area contributed by atoms with E-state index in [1.807, 2.05) is 55.6 Å². The highest BCUT2D eigenvalue weighted by Crippen LogP contribution is 2.15. The zero-order chi connectivity index (χ0) is 15.8. The standard InChI is InChI=1S/C18H20N2OS/c1-14(19-20-15(2)22-3)17-9-11-18(12-10-17)21-13-16-7-5-4-6-8-16/h4-12,20H,2,13H2,1,3H3/b19-14+. The van der Waals surface area contributed by atoms with E-state index >= 15 is 0 Å². The number of hydrazone groups is 1. The van der Waals surface area contributed by atoms with E-state index in [1.165, 1.54) is 11.8 Å². The Labute approximate surface area is 136 Å². The number of benzene rings is 2. The summed E-state index contributed by atoms with van der Waals surface area (Å²) in [7, 11) is 0. The number of thioether (sulfide) groups is 1. The molecular formula is C18H20N2OS. The van der Waals surface area contributed by atoms with Crippen molar-refractivity contribution in [2.75, 3.05) is 6.26 Å². The van der Waals surface area contributed by atoms with Gasteiger partial charge < -0.3 is 4.74 Å². The highest BCUT2D eigenvalue weighted by molar-refractivity contribution is 8.02. The molecule has 0 aliphatic heterocycles. The maximum atomic E-state index is 5.77. The molecular weight excluding hydrogens is 292 g/mol. The highest BCUT2D eigenvalue weighted by Gasteiger charge is 2.00. The molecule has 0 heterocycles. The first-order chi connectivity index (χ1) is 10.7. The SMILES string of the molecule is C=C(N/N=C(\C)c1ccc(OCc2ccccc2)cc1)SC. The monoisotopic (exact) mass is 312 g/mol. The largest absolute Gasteiger partial charge is 0.489 e. The summed E-state index contributed by atoms with van der Waals surface area (Å²) in [6.45, 7) is 6.36. The fourth-order valence-corrected chi connectivity index (χ4v) is 1.93. The summed E-state index contributed by atoms with van der Waals surface area (Å²) in [5.41, 5.74) is 6.03. The van der Waals surface area contributed by atoms with E-state index in [9.17, 15) is 0 Å². The Morgan fingerprint density at radius 1 is 1.14 bits per heavy atom. The van der Waals surface area contributed by atoms with Gasteiger partial charge in [-0.05, 0) is 48.6 Å². The van der Waals surface area contributed by atoms with Crippen LogP contribution in [0, 0.1) is 0 Å². The van der Waals surface area contributed by atoms with Gasteiger partial charge >= 0.3 is 0 Å². The molecule has 0 fully saturated rings. The normalized spacial score (nSPS) is 11.1. The van der Waals surface area contributed by atoms with Crippen molar-refractivity contribution in [2.24, 2.45) is 5.10 Å². The molecule has 0 aliphatic carbocycles. The minimum atomic E-state index is 0.572. The molecule has 4 heteroatoms. The molecule has 0 bridgehead atoms. The van der Waals surface area contributed by atoms with Crippen LogP contribution in [-0.2, 0) is 6.61 Å². The Morgan fingerprint density at radius 2 is 1.82 bits per heavy atom. The van der Waals surface area contributed by atoms with Crippen LogP contribution in [0.5, 0.6) is 5.75 Å². The van der Waals surface area contributed by atoms with E-state index in [2.05, 4.69) is 29.2 Å². The second-order valence-corrected chi connectivity index (χ2v) is 5.64. The maximum absolute atomic E-state index is 5.77. The zero-order valence-corrected chi connectivity index (χ0v) is 13.7. The van der Waals surface area contributed by atoms with Gasteiger partial charge in [0.1, 0.15) is 12.4 Å². The molecule has 2 rings (SSSR count). The van der Waals surface area contributed by atoms with Crippen LogP contribution in [0.25, 0.3) is 0 Å². The number of ether oxygens (including phenoxy) is 1. The van der Waals surface area contributed by atoms with Crippen LogP contribution in [0.15, 0.2) is 71.3 Å². The third-order valence-corrected chi connectivity index (χ3v) is 3.70. The topological polar surface area (TPSA) is 33.6 Å². The minimum absolute atomic E-state index is 0.572. The highest BCUT2D eigenvalue weighted by atomic mass is 32.2. The Hall–Kier alpha value is -2.20. The van der Waals surface area contributed by atoms with E-state index in [0.717, 1.165) is 27.6 Å². The van der Waals surface area contributed by atoms with Crippen molar-refractivity contribution >= 4 is 17.5 Å². The summed E-state index contributed by atoms with van der Waals surface area (Å²) < 4.78 is 5.77. The summed E-state index contributed by atoms with van der Waals surface area (Å²) >= 11 is 1.54. The van der Waals surface area contributed by atoms with Crippen molar-refractivity contribution in [3.63, 3.8) is 0 Å². The first kappa shape index (κ1) is 16.2. The predicted octanol–water partition coefficient (Wildman–Crippen LogP) is 4.41. The van der Waals surface area contributed by atoms with Crippen LogP contribution < -0.4 is 10.2 Å². The maximum Gasteiger partial charge on any atom is 0.119 e. The smallest absolute Gasteiger partial charge is 0.119 e. The molecule has 0 saturated carbocycles. The number of nitrogens with one attached hydrogen (secondary N) is 1. The second-order valence-electron chi connectivity index (χ2n) is 4.73. The number of rotatable bonds is 7. The summed E-state index contributed by atoms with van der Waals surface area (Å²) in [5, 5.41) is 5.12. The lowest BCUT2D eigenvalue weighted by Gasteiger charge is -2.08. The fraction of sp³-hybridized carbons (Fsp3) is 0.167. The van der Waals surface area contributed by atoms with Crippen molar-refractivity contribution < 1.29 is 4.74 Å². The van der Waals surface area contributed by atoms with Crippen molar-refractivity contribution in [1.29, 1.82) is 0 Å². The lowest BCUT2D eigenvalue weighted by Crippen LogP contribution is -2.06. The Balaban J connectivity index is 1.93. The lowest BCUT2D eigenvalue weighted by molar-refractivity contribution is 0.306. The molecule has 0 radical (unpaired) electrons. The van der Waals surface area contributed by atoms with Gasteiger partial charge in [-0.2, -0.15) is 5.10 Å². The summed E-state index contributed by atoms with van der Waals surface area (Å²) in [5.74, 6) is 0.849. The summed E-state index contributed by atoms with van der Waals surface area (Å²) in [6.07, 6.45) is 1.96. The zero-order valence-electron chi connectivity index (χ0n) is 12.9. The lowest BCUT2D eigenvalue weighted by atomic mass is 10.1. The van der Waals surface area contributed by atoms with Gasteiger partial charge in [0.15, 0.2) is 0 Å². The van der Waals surface area contributed by atoms with Gasteiger partial charge in [-0.25, -0.2) is 0 Å². The number of hydrogen-bond donors (Lipinski definition) is 1. The number of hydrogen-bond acceptors (Lipinski definition) is 4. The van der Waals surface area contributed by atoms with Gasteiger partial charge in [-0.1, -0.05) is 36.9 Å². The number of nitrogens with zero attached hydrogens (tertiary/aromatic N) is 1. The molecule has 0 atom stereocenters. The molecule has 0 aromatic heterocycles. The molecule has 2 aromatic carbocycles. The third-order valence-electron chi connectivity index (χ3n) is 3.12. The van der Waals surface area contributed by atoms with Crippen LogP contribution in [0.4, 0.5) is 0 Å². The van der Waals surface area contributed by atoms with Crippen molar-refractivity contribution in [3.8, 4) is 5.75 Å². The molecule has 0 saturated heterocycles. The summed E-state index contributed by atoms with van der Waals surface area (Å²) in [4.78, 5) is 0. The average molecular weight is 312 g/mol. The van der Waals surface area contributed by atoms with E-state index in [-0.39, 0.29) is 0 Å². The molecule has 0 aliphatic rings. The van der Waals surface area contributed by atoms with Crippen LogP contribution in [0.3, 0.4) is 0 Å². The van der Waals surface area contributed by atoms with Crippen molar-refractivity contribution in [1.82, 2.24) is 5.43 Å². The van der Waals surface area contributed by atoms with Gasteiger partial charge in [0.2, 0.25) is 0 Å². The third kappa shape index (κ3) is 4.97. The van der Waals surface area contributed by atoms with Crippen LogP contribution in [0.1, 0.15) is 18.1 Å². The Kier molecular flexibility index (Phi) is 6.10. The van der Waals surface area contributed by atoms with Gasteiger partial charge in [0, 0.05) is 0 Å². The van der Waals surface area contributed by atoms with Gasteiger partial charge in [-0.3, -0.25) is 5.43 Å². The molecule has 1 N–H and O–H groups in total. The minimum Gasteiger partial charge on any atom is -0.489 e. The second kappa shape index (κ2) is 8.29. The fourth-order valence-electron chi connectivity index (χ4n) is 1.79. The molecule has 2 aromatic rings. The van der Waals surface area contributed by atoms with E-state index in [4.69, 9.17) is 4.74 Å². The Morgan fingerprint density at radius 3 is 2.45 bits per heavy atom. The molecule has 3 nitrogen and oxygen atoms in total. The molecule has 0 amide bonds. The Bertz CT molecular complexity index is 636. The van der Waals surface area contributed by atoms with E-state index in [1.54, 1.807) is 0 Å². The molecule has 22 heavy (non-hydrogen) atoms. The van der Waals surface area contributed by atoms with Gasteiger partial charge in [0.25, 0.3) is 0 Å². The average Bonchev–Trinajstić information content (AvgIpc) is 2.59. The first-order valence-corrected chi connectivity index (χ1v) is 8.22. The molecule has 0 unspecified atom stereocenters. The van der Waals surface area contributed by atoms with Crippen molar-refractivity contribution in [3.05, 3.63) is 77.3 Å². The summed E-state index contributed by atoms with van der Waals surface area (Å²) in [6, 6.07) is 18.0. The van der Waals surface area contributed by atoms with Gasteiger partial charge in [-0.15, -0.1) is 11.8 Å². The molecule has 0 spiro atoms. The van der Waals surface area contributed by atoms with Crippen LogP contribution in [-0.4, -0.2) is 12.0 Å². The quantitative estimate of drug-likeness (QED) is 0.607. The van der Waals surface area contributed by atoms with Gasteiger partial charge in [0.05, 0.1) is 10.7 Å². The van der Waals surface area contributed by atoms with E-state index < -0.39 is 0 Å². The van der Waals surface area contributed by atoms with E-state index in [0.29, 0.717) is 6.61 Å².